The molecule has 0 saturated heterocycles. The Balaban J connectivity index is 0.977. The molecule has 0 saturated carbocycles. The molecule has 0 bridgehead atoms. The molecule has 0 radical (unpaired) electrons. The molecule has 2 heterocycles. The van der Waals surface area contributed by atoms with Gasteiger partial charge in [-0.05, 0) is 106 Å². The average Bonchev–Trinajstić information content (AvgIpc) is 3.89. The van der Waals surface area contributed by atoms with E-state index in [-0.39, 0.29) is 0 Å². The van der Waals surface area contributed by atoms with Crippen LogP contribution in [0.25, 0.3) is 93.6 Å². The second-order valence-electron chi connectivity index (χ2n) is 15.7. The minimum absolute atomic E-state index is 0.905. The third-order valence-electron chi connectivity index (χ3n) is 12.2. The van der Waals surface area contributed by atoms with Gasteiger partial charge in [-0.25, -0.2) is 0 Å². The molecular formula is C58H38N2O. The van der Waals surface area contributed by atoms with E-state index >= 15 is 0 Å². The van der Waals surface area contributed by atoms with Crippen molar-refractivity contribution in [1.82, 2.24) is 4.57 Å². The van der Waals surface area contributed by atoms with Crippen LogP contribution in [-0.4, -0.2) is 4.57 Å². The van der Waals surface area contributed by atoms with Gasteiger partial charge in [0.05, 0.1) is 16.7 Å². The van der Waals surface area contributed by atoms with Gasteiger partial charge in [-0.3, -0.25) is 0 Å². The lowest BCUT2D eigenvalue weighted by atomic mass is 9.97. The van der Waals surface area contributed by atoms with Gasteiger partial charge in [0.2, 0.25) is 0 Å². The third-order valence-corrected chi connectivity index (χ3v) is 12.2. The number of furan rings is 1. The summed E-state index contributed by atoms with van der Waals surface area (Å²) in [6, 6.07) is 82.9. The van der Waals surface area contributed by atoms with Gasteiger partial charge < -0.3 is 13.9 Å². The lowest BCUT2D eigenvalue weighted by Gasteiger charge is -2.28. The highest BCUT2D eigenvalue weighted by atomic mass is 16.3. The number of rotatable bonds is 7. The van der Waals surface area contributed by atoms with Crippen molar-refractivity contribution < 1.29 is 4.42 Å². The fraction of sp³-hybridized carbons (Fsp3) is 0. The zero-order chi connectivity index (χ0) is 40.3. The summed E-state index contributed by atoms with van der Waals surface area (Å²) < 4.78 is 8.90. The fourth-order valence-electron chi connectivity index (χ4n) is 9.27. The van der Waals surface area contributed by atoms with Gasteiger partial charge >= 0.3 is 0 Å². The quantitative estimate of drug-likeness (QED) is 0.161. The largest absolute Gasteiger partial charge is 0.455 e. The van der Waals surface area contributed by atoms with E-state index in [4.69, 9.17) is 4.42 Å². The molecule has 0 aliphatic rings. The smallest absolute Gasteiger partial charge is 0.143 e. The first-order valence-electron chi connectivity index (χ1n) is 20.8. The van der Waals surface area contributed by atoms with Crippen LogP contribution in [0.3, 0.4) is 0 Å². The second-order valence-corrected chi connectivity index (χ2v) is 15.7. The first-order chi connectivity index (χ1) is 30.2. The zero-order valence-electron chi connectivity index (χ0n) is 33.2. The normalized spacial score (nSPS) is 11.6. The van der Waals surface area contributed by atoms with E-state index in [1.165, 1.54) is 32.9 Å². The summed E-state index contributed by atoms with van der Waals surface area (Å²) in [7, 11) is 0. The standard InChI is InChI=1S/C58H38N2O/c1-2-13-39(14-3-1)40-27-32-45(33-28-40)59(54-21-8-4-17-48(54)44-26-25-42-31-36-52-51-20-7-11-24-57(51)61-58(52)53(42)38-44)46-34-29-41(30-35-46)43-15-12-16-47(37-43)60-55-22-9-5-18-49(55)50-19-6-10-23-56(50)60/h1-38H. The van der Waals surface area contributed by atoms with Gasteiger partial charge in [0.15, 0.2) is 0 Å². The Morgan fingerprint density at radius 3 is 1.64 bits per heavy atom. The third kappa shape index (κ3) is 5.90. The van der Waals surface area contributed by atoms with Crippen LogP contribution in [0.2, 0.25) is 0 Å². The van der Waals surface area contributed by atoms with Crippen LogP contribution in [0.1, 0.15) is 0 Å². The molecule has 0 N–H and O–H groups in total. The number of hydrogen-bond donors (Lipinski definition) is 0. The highest BCUT2D eigenvalue weighted by Gasteiger charge is 2.19. The minimum Gasteiger partial charge on any atom is -0.455 e. The molecule has 3 nitrogen and oxygen atoms in total. The molecule has 61 heavy (non-hydrogen) atoms. The summed E-state index contributed by atoms with van der Waals surface area (Å²) in [6.45, 7) is 0. The van der Waals surface area contributed by atoms with E-state index in [0.29, 0.717) is 0 Å². The van der Waals surface area contributed by atoms with Gasteiger partial charge in [0, 0.05) is 49.6 Å². The molecule has 0 atom stereocenters. The monoisotopic (exact) mass is 778 g/mol. The van der Waals surface area contributed by atoms with Crippen molar-refractivity contribution in [3.05, 3.63) is 231 Å². The Hall–Kier alpha value is -8.14. The molecule has 0 aliphatic carbocycles. The van der Waals surface area contributed by atoms with E-state index in [9.17, 15) is 0 Å². The molecule has 3 heteroatoms. The molecule has 0 amide bonds. The molecule has 12 rings (SSSR count). The maximum Gasteiger partial charge on any atom is 0.143 e. The van der Waals surface area contributed by atoms with Crippen molar-refractivity contribution >= 4 is 71.6 Å². The van der Waals surface area contributed by atoms with E-state index < -0.39 is 0 Å². The van der Waals surface area contributed by atoms with Crippen LogP contribution in [0, 0.1) is 0 Å². The van der Waals surface area contributed by atoms with Crippen molar-refractivity contribution in [1.29, 1.82) is 0 Å². The van der Waals surface area contributed by atoms with Gasteiger partial charge in [0.1, 0.15) is 11.2 Å². The fourth-order valence-corrected chi connectivity index (χ4v) is 9.27. The highest BCUT2D eigenvalue weighted by Crippen LogP contribution is 2.44. The summed E-state index contributed by atoms with van der Waals surface area (Å²) in [4.78, 5) is 2.38. The minimum atomic E-state index is 0.905. The number of benzene rings is 10. The lowest BCUT2D eigenvalue weighted by molar-refractivity contribution is 0.672. The Morgan fingerprint density at radius 2 is 0.902 bits per heavy atom. The van der Waals surface area contributed by atoms with Crippen molar-refractivity contribution in [3.63, 3.8) is 0 Å². The van der Waals surface area contributed by atoms with E-state index in [1.54, 1.807) is 0 Å². The Bertz CT molecular complexity index is 3520. The maximum absolute atomic E-state index is 6.52. The van der Waals surface area contributed by atoms with Crippen molar-refractivity contribution in [2.45, 2.75) is 0 Å². The van der Waals surface area contributed by atoms with Crippen molar-refractivity contribution in [2.75, 3.05) is 4.90 Å². The summed E-state index contributed by atoms with van der Waals surface area (Å²) in [5, 5.41) is 7.05. The van der Waals surface area contributed by atoms with Crippen LogP contribution >= 0.6 is 0 Å². The predicted molar refractivity (Wildman–Crippen MR) is 257 cm³/mol. The van der Waals surface area contributed by atoms with Crippen LogP contribution in [0.15, 0.2) is 235 Å². The number of nitrogens with zero attached hydrogens (tertiary/aromatic N) is 2. The molecule has 0 fully saturated rings. The summed E-state index contributed by atoms with van der Waals surface area (Å²) in [5.41, 5.74) is 15.6. The van der Waals surface area contributed by atoms with Gasteiger partial charge in [0.25, 0.3) is 0 Å². The topological polar surface area (TPSA) is 21.3 Å². The molecule has 286 valence electrons. The Morgan fingerprint density at radius 1 is 0.344 bits per heavy atom. The van der Waals surface area contributed by atoms with Gasteiger partial charge in [-0.1, -0.05) is 158 Å². The number of fused-ring (bicyclic) bond motifs is 8. The first-order valence-corrected chi connectivity index (χ1v) is 20.8. The summed E-state index contributed by atoms with van der Waals surface area (Å²) in [6.07, 6.45) is 0. The summed E-state index contributed by atoms with van der Waals surface area (Å²) in [5.74, 6) is 0. The van der Waals surface area contributed by atoms with E-state index in [0.717, 1.165) is 77.7 Å². The summed E-state index contributed by atoms with van der Waals surface area (Å²) >= 11 is 0. The van der Waals surface area contributed by atoms with Crippen LogP contribution in [0.5, 0.6) is 0 Å². The van der Waals surface area contributed by atoms with Gasteiger partial charge in [-0.2, -0.15) is 0 Å². The molecule has 12 aromatic rings. The van der Waals surface area contributed by atoms with Crippen molar-refractivity contribution in [3.8, 4) is 39.1 Å². The van der Waals surface area contributed by atoms with E-state index in [1.807, 2.05) is 6.07 Å². The first kappa shape index (κ1) is 34.9. The number of aromatic nitrogens is 1. The van der Waals surface area contributed by atoms with Crippen molar-refractivity contribution in [2.24, 2.45) is 0 Å². The molecule has 0 unspecified atom stereocenters. The predicted octanol–water partition coefficient (Wildman–Crippen LogP) is 16.3. The average molecular weight is 779 g/mol. The number of para-hydroxylation sites is 4. The van der Waals surface area contributed by atoms with Crippen LogP contribution < -0.4 is 4.90 Å². The molecular weight excluding hydrogens is 741 g/mol. The SMILES string of the molecule is c1ccc(-c2ccc(N(c3ccc(-c4cccc(-n5c6ccccc6c6ccccc65)c4)cc3)c3ccccc3-c3ccc4ccc5c6ccccc6oc5c4c3)cc2)cc1. The highest BCUT2D eigenvalue weighted by molar-refractivity contribution is 6.16. The van der Waals surface area contributed by atoms with Crippen LogP contribution in [0.4, 0.5) is 17.1 Å². The second kappa shape index (κ2) is 14.3. The van der Waals surface area contributed by atoms with E-state index in [2.05, 4.69) is 234 Å². The number of hydrogen-bond acceptors (Lipinski definition) is 2. The Kier molecular flexibility index (Phi) is 8.17. The lowest BCUT2D eigenvalue weighted by Crippen LogP contribution is -2.11. The van der Waals surface area contributed by atoms with Crippen LogP contribution in [-0.2, 0) is 0 Å². The number of anilines is 3. The molecule has 10 aromatic carbocycles. The zero-order valence-corrected chi connectivity index (χ0v) is 33.2. The molecule has 2 aromatic heterocycles. The molecule has 0 spiro atoms. The molecule has 0 aliphatic heterocycles. The Labute approximate surface area is 353 Å². The maximum atomic E-state index is 6.52. The van der Waals surface area contributed by atoms with Gasteiger partial charge in [-0.15, -0.1) is 0 Å².